The minimum Gasteiger partial charge on any atom is -0.478 e. The molecule has 1 N–H and O–H groups in total. The van der Waals surface area contributed by atoms with Crippen molar-refractivity contribution >= 4 is 5.97 Å². The Kier molecular flexibility index (Phi) is 8.24. The molecule has 0 atom stereocenters. The van der Waals surface area contributed by atoms with E-state index in [1.165, 1.54) is 12.8 Å². The first kappa shape index (κ1) is 13.2. The van der Waals surface area contributed by atoms with Gasteiger partial charge in [0.15, 0.2) is 0 Å². The summed E-state index contributed by atoms with van der Waals surface area (Å²) in [6.07, 6.45) is 5.87. The van der Waals surface area contributed by atoms with Gasteiger partial charge in [-0.05, 0) is 19.8 Å². The van der Waals surface area contributed by atoms with Crippen molar-refractivity contribution < 1.29 is 14.6 Å². The van der Waals surface area contributed by atoms with Crippen LogP contribution in [0.3, 0.4) is 0 Å². The van der Waals surface area contributed by atoms with Gasteiger partial charge in [-0.15, -0.1) is 0 Å². The Balaban J connectivity index is 3.29. The second-order valence-electron chi connectivity index (χ2n) is 3.30. The number of hydrogen-bond donors (Lipinski definition) is 1. The van der Waals surface area contributed by atoms with Crippen LogP contribution in [0.2, 0.25) is 0 Å². The molecule has 0 amide bonds. The molecule has 0 fully saturated rings. The molecular formula is C11H20O3. The Morgan fingerprint density at radius 1 is 1.36 bits per heavy atom. The molecule has 0 aliphatic rings. The number of carboxylic acids is 1. The maximum atomic E-state index is 10.4. The number of carboxylic acid groups (broad SMARTS) is 1. The summed E-state index contributed by atoms with van der Waals surface area (Å²) in [5.41, 5.74) is 0.391. The van der Waals surface area contributed by atoms with E-state index < -0.39 is 5.97 Å². The summed E-state index contributed by atoms with van der Waals surface area (Å²) in [5, 5.41) is 8.55. The van der Waals surface area contributed by atoms with Crippen LogP contribution in [0.4, 0.5) is 0 Å². The van der Waals surface area contributed by atoms with Gasteiger partial charge < -0.3 is 9.84 Å². The standard InChI is InChI=1S/C11H20O3/c1-3-4-5-8-14-9-6-7-10(2)11(12)13/h7H,3-6,8-9H2,1-2H3,(H,12,13). The largest absolute Gasteiger partial charge is 0.478 e. The van der Waals surface area contributed by atoms with E-state index in [1.807, 2.05) is 0 Å². The van der Waals surface area contributed by atoms with Crippen molar-refractivity contribution in [1.29, 1.82) is 0 Å². The lowest BCUT2D eigenvalue weighted by Gasteiger charge is -2.01. The zero-order valence-corrected chi connectivity index (χ0v) is 9.08. The normalized spacial score (nSPS) is 11.7. The molecule has 0 rings (SSSR count). The van der Waals surface area contributed by atoms with Gasteiger partial charge in [0.2, 0.25) is 0 Å². The average Bonchev–Trinajstić information content (AvgIpc) is 2.16. The molecule has 0 heterocycles. The summed E-state index contributed by atoms with van der Waals surface area (Å²) < 4.78 is 5.33. The fraction of sp³-hybridized carbons (Fsp3) is 0.727. The van der Waals surface area contributed by atoms with Gasteiger partial charge in [-0.25, -0.2) is 4.79 Å². The van der Waals surface area contributed by atoms with E-state index in [0.717, 1.165) is 13.0 Å². The third-order valence-corrected chi connectivity index (χ3v) is 1.94. The van der Waals surface area contributed by atoms with Gasteiger partial charge in [-0.2, -0.15) is 0 Å². The second kappa shape index (κ2) is 8.75. The van der Waals surface area contributed by atoms with Crippen LogP contribution >= 0.6 is 0 Å². The Bertz CT molecular complexity index is 185. The first-order valence-corrected chi connectivity index (χ1v) is 5.16. The van der Waals surface area contributed by atoms with Crippen LogP contribution in [0.5, 0.6) is 0 Å². The number of unbranched alkanes of at least 4 members (excludes halogenated alkanes) is 2. The van der Waals surface area contributed by atoms with Crippen molar-refractivity contribution in [2.24, 2.45) is 0 Å². The number of carbonyl (C=O) groups is 1. The molecule has 0 aliphatic carbocycles. The van der Waals surface area contributed by atoms with Crippen molar-refractivity contribution in [3.05, 3.63) is 11.6 Å². The van der Waals surface area contributed by atoms with Crippen LogP contribution in [0.25, 0.3) is 0 Å². The van der Waals surface area contributed by atoms with Crippen molar-refractivity contribution in [2.45, 2.75) is 39.5 Å². The Morgan fingerprint density at radius 3 is 2.64 bits per heavy atom. The van der Waals surface area contributed by atoms with Crippen LogP contribution in [-0.2, 0) is 9.53 Å². The van der Waals surface area contributed by atoms with Crippen molar-refractivity contribution in [2.75, 3.05) is 13.2 Å². The van der Waals surface area contributed by atoms with Gasteiger partial charge in [0.25, 0.3) is 0 Å². The highest BCUT2D eigenvalue weighted by Gasteiger charge is 1.97. The molecule has 0 saturated heterocycles. The molecular weight excluding hydrogens is 180 g/mol. The van der Waals surface area contributed by atoms with Crippen LogP contribution in [0, 0.1) is 0 Å². The summed E-state index contributed by atoms with van der Waals surface area (Å²) in [7, 11) is 0. The Hall–Kier alpha value is -0.830. The molecule has 0 unspecified atom stereocenters. The molecule has 82 valence electrons. The number of aliphatic carboxylic acids is 1. The van der Waals surface area contributed by atoms with Gasteiger partial charge in [0, 0.05) is 12.2 Å². The van der Waals surface area contributed by atoms with Crippen molar-refractivity contribution in [3.8, 4) is 0 Å². The van der Waals surface area contributed by atoms with E-state index in [1.54, 1.807) is 13.0 Å². The van der Waals surface area contributed by atoms with Crippen molar-refractivity contribution in [1.82, 2.24) is 0 Å². The highest BCUT2D eigenvalue weighted by molar-refractivity contribution is 5.85. The van der Waals surface area contributed by atoms with Gasteiger partial charge in [-0.1, -0.05) is 25.8 Å². The van der Waals surface area contributed by atoms with Gasteiger partial charge >= 0.3 is 5.97 Å². The summed E-state index contributed by atoms with van der Waals surface area (Å²) in [5.74, 6) is -0.851. The quantitative estimate of drug-likeness (QED) is 0.484. The first-order valence-electron chi connectivity index (χ1n) is 5.16. The zero-order chi connectivity index (χ0) is 10.8. The molecule has 0 radical (unpaired) electrons. The van der Waals surface area contributed by atoms with Crippen molar-refractivity contribution in [3.63, 3.8) is 0 Å². The molecule has 3 heteroatoms. The number of rotatable bonds is 8. The van der Waals surface area contributed by atoms with E-state index in [4.69, 9.17) is 9.84 Å². The second-order valence-corrected chi connectivity index (χ2v) is 3.30. The van der Waals surface area contributed by atoms with E-state index >= 15 is 0 Å². The average molecular weight is 200 g/mol. The summed E-state index contributed by atoms with van der Waals surface area (Å²) in [4.78, 5) is 10.4. The third kappa shape index (κ3) is 7.80. The first-order chi connectivity index (χ1) is 6.68. The molecule has 3 nitrogen and oxygen atoms in total. The third-order valence-electron chi connectivity index (χ3n) is 1.94. The molecule has 0 saturated carbocycles. The molecule has 0 spiro atoms. The monoisotopic (exact) mass is 200 g/mol. The minimum atomic E-state index is -0.851. The van der Waals surface area contributed by atoms with E-state index in [0.29, 0.717) is 18.6 Å². The Labute approximate surface area is 85.8 Å². The molecule has 0 aliphatic heterocycles. The van der Waals surface area contributed by atoms with Crippen LogP contribution in [-0.4, -0.2) is 24.3 Å². The summed E-state index contributed by atoms with van der Waals surface area (Å²) in [6.45, 7) is 5.15. The predicted octanol–water partition coefficient (Wildman–Crippen LogP) is 2.61. The SMILES string of the molecule is CCCCCOCCC=C(C)C(=O)O. The highest BCUT2D eigenvalue weighted by atomic mass is 16.5. The number of hydrogen-bond acceptors (Lipinski definition) is 2. The fourth-order valence-corrected chi connectivity index (χ4v) is 1.00. The minimum absolute atomic E-state index is 0.391. The summed E-state index contributed by atoms with van der Waals surface area (Å²) in [6, 6.07) is 0. The topological polar surface area (TPSA) is 46.5 Å². The lowest BCUT2D eigenvalue weighted by molar-refractivity contribution is -0.132. The molecule has 0 aromatic heterocycles. The maximum absolute atomic E-state index is 10.4. The summed E-state index contributed by atoms with van der Waals surface area (Å²) >= 11 is 0. The maximum Gasteiger partial charge on any atom is 0.330 e. The van der Waals surface area contributed by atoms with Crippen LogP contribution in [0.15, 0.2) is 11.6 Å². The van der Waals surface area contributed by atoms with Crippen LogP contribution < -0.4 is 0 Å². The predicted molar refractivity (Wildman–Crippen MR) is 56.4 cm³/mol. The Morgan fingerprint density at radius 2 is 2.07 bits per heavy atom. The van der Waals surface area contributed by atoms with Crippen LogP contribution in [0.1, 0.15) is 39.5 Å². The van der Waals surface area contributed by atoms with Gasteiger partial charge in [-0.3, -0.25) is 0 Å². The molecule has 0 aromatic carbocycles. The fourth-order valence-electron chi connectivity index (χ4n) is 1.00. The smallest absolute Gasteiger partial charge is 0.330 e. The lowest BCUT2D eigenvalue weighted by Crippen LogP contribution is -1.99. The molecule has 0 bridgehead atoms. The molecule has 14 heavy (non-hydrogen) atoms. The van der Waals surface area contributed by atoms with Gasteiger partial charge in [0.1, 0.15) is 0 Å². The van der Waals surface area contributed by atoms with E-state index in [2.05, 4.69) is 6.92 Å². The van der Waals surface area contributed by atoms with Gasteiger partial charge in [0.05, 0.1) is 6.61 Å². The van der Waals surface area contributed by atoms with E-state index in [-0.39, 0.29) is 0 Å². The highest BCUT2D eigenvalue weighted by Crippen LogP contribution is 1.98. The zero-order valence-electron chi connectivity index (χ0n) is 9.08. The van der Waals surface area contributed by atoms with E-state index in [9.17, 15) is 4.79 Å². The number of ether oxygens (including phenoxy) is 1. The molecule has 0 aromatic rings. The lowest BCUT2D eigenvalue weighted by atomic mass is 10.2.